The van der Waals surface area contributed by atoms with Gasteiger partial charge in [0, 0.05) is 21.8 Å². The first-order valence-corrected chi connectivity index (χ1v) is 12.1. The number of rotatable bonds is 8. The first-order valence-electron chi connectivity index (χ1n) is 11.1. The fourth-order valence-electron chi connectivity index (χ4n) is 4.37. The molecular weight excluding hydrogens is 387 g/mol. The Hall–Kier alpha value is -1.66. The van der Waals surface area contributed by atoms with Crippen LogP contribution in [0.1, 0.15) is 93.4 Å². The maximum atomic E-state index is 12.4. The summed E-state index contributed by atoms with van der Waals surface area (Å²) in [4.78, 5) is 12.4. The third-order valence-corrected chi connectivity index (χ3v) is 8.03. The highest BCUT2D eigenvalue weighted by Crippen LogP contribution is 2.53. The molecule has 0 bridgehead atoms. The summed E-state index contributed by atoms with van der Waals surface area (Å²) in [5, 5.41) is 1.12. The van der Waals surface area contributed by atoms with Gasteiger partial charge in [0.2, 0.25) is 0 Å². The molecule has 0 saturated carbocycles. The van der Waals surface area contributed by atoms with Crippen LogP contribution in [0.3, 0.4) is 0 Å². The van der Waals surface area contributed by atoms with E-state index in [1.165, 1.54) is 22.0 Å². The molecule has 0 amide bonds. The minimum atomic E-state index is -0.0500. The summed E-state index contributed by atoms with van der Waals surface area (Å²) in [6, 6.07) is 10.9. The van der Waals surface area contributed by atoms with E-state index in [0.717, 1.165) is 36.1 Å². The molecule has 0 radical (unpaired) electrons. The monoisotopic (exact) mass is 426 g/mol. The van der Waals surface area contributed by atoms with E-state index in [9.17, 15) is 4.79 Å². The van der Waals surface area contributed by atoms with Crippen LogP contribution in [-0.2, 0) is 10.6 Å². The van der Waals surface area contributed by atoms with E-state index >= 15 is 0 Å². The fraction of sp³-hybridized carbons (Fsp3) is 0.519. The van der Waals surface area contributed by atoms with Crippen molar-refractivity contribution in [1.82, 2.24) is 0 Å². The summed E-state index contributed by atoms with van der Waals surface area (Å²) >= 11 is 0. The van der Waals surface area contributed by atoms with Crippen LogP contribution in [0.2, 0.25) is 0 Å². The molecule has 164 valence electrons. The predicted octanol–water partition coefficient (Wildman–Crippen LogP) is 7.22. The summed E-state index contributed by atoms with van der Waals surface area (Å²) in [5.74, 6) is 1.17. The van der Waals surface area contributed by atoms with E-state index in [1.807, 2.05) is 6.07 Å². The molecule has 2 aromatic rings. The SMILES string of the molecule is CCCC(CC)(Pc1ccc(C)cc1C(C)=O)c1cc(C)cc(C(C)(C)C)c1OC. The van der Waals surface area contributed by atoms with Crippen LogP contribution in [0.25, 0.3) is 0 Å². The van der Waals surface area contributed by atoms with Gasteiger partial charge >= 0.3 is 0 Å². The number of hydrogen-bond acceptors (Lipinski definition) is 2. The van der Waals surface area contributed by atoms with Crippen molar-refractivity contribution in [2.45, 2.75) is 85.2 Å². The van der Waals surface area contributed by atoms with Gasteiger partial charge in [0.1, 0.15) is 5.75 Å². The molecule has 2 nitrogen and oxygen atoms in total. The lowest BCUT2D eigenvalue weighted by Gasteiger charge is -2.37. The summed E-state index contributed by atoms with van der Waals surface area (Å²) in [7, 11) is 2.31. The smallest absolute Gasteiger partial charge is 0.160 e. The van der Waals surface area contributed by atoms with Gasteiger partial charge in [-0.3, -0.25) is 4.79 Å². The van der Waals surface area contributed by atoms with E-state index in [1.54, 1.807) is 14.0 Å². The number of benzene rings is 2. The van der Waals surface area contributed by atoms with Crippen LogP contribution >= 0.6 is 8.58 Å². The summed E-state index contributed by atoms with van der Waals surface area (Å²) in [5.41, 5.74) is 5.82. The van der Waals surface area contributed by atoms with Crippen molar-refractivity contribution < 1.29 is 9.53 Å². The van der Waals surface area contributed by atoms with Gasteiger partial charge in [-0.2, -0.15) is 0 Å². The number of Topliss-reactive ketones (excluding diaryl/α,β-unsaturated/α-hetero) is 1. The Bertz CT molecular complexity index is 908. The number of carbonyl (C=O) groups is 1. The zero-order chi connectivity index (χ0) is 22.7. The van der Waals surface area contributed by atoms with Gasteiger partial charge in [-0.05, 0) is 50.4 Å². The molecule has 2 aromatic carbocycles. The topological polar surface area (TPSA) is 26.3 Å². The summed E-state index contributed by atoms with van der Waals surface area (Å²) in [6.45, 7) is 17.2. The van der Waals surface area contributed by atoms with Crippen molar-refractivity contribution in [2.75, 3.05) is 7.11 Å². The van der Waals surface area contributed by atoms with Crippen molar-refractivity contribution in [3.05, 3.63) is 58.1 Å². The summed E-state index contributed by atoms with van der Waals surface area (Å²) in [6.07, 6.45) is 3.16. The Balaban J connectivity index is 2.78. The second-order valence-electron chi connectivity index (χ2n) is 9.56. The molecule has 0 aromatic heterocycles. The second kappa shape index (κ2) is 9.65. The van der Waals surface area contributed by atoms with Crippen molar-refractivity contribution in [3.8, 4) is 5.75 Å². The number of carbonyl (C=O) groups excluding carboxylic acids is 1. The molecule has 0 aliphatic rings. The highest BCUT2D eigenvalue weighted by molar-refractivity contribution is 7.48. The number of ketones is 1. The van der Waals surface area contributed by atoms with E-state index < -0.39 is 0 Å². The minimum absolute atomic E-state index is 0.00464. The fourth-order valence-corrected chi connectivity index (χ4v) is 6.31. The lowest BCUT2D eigenvalue weighted by molar-refractivity contribution is 0.101. The Kier molecular flexibility index (Phi) is 7.91. The molecule has 2 atom stereocenters. The molecular formula is C27H39O2P. The Morgan fingerprint density at radius 1 is 1.00 bits per heavy atom. The standard InChI is InChI=1S/C27H39O2P/c1-10-14-27(11-2,30-24-13-12-18(3)15-21(24)20(5)28)23-17-19(4)16-22(25(23)29-9)26(6,7)8/h12-13,15-17,30H,10-11,14H2,1-9H3. The average Bonchev–Trinajstić information content (AvgIpc) is 2.67. The highest BCUT2D eigenvalue weighted by atomic mass is 31.1. The molecule has 0 spiro atoms. The Morgan fingerprint density at radius 3 is 2.13 bits per heavy atom. The number of aryl methyl sites for hydroxylation is 2. The normalized spacial score (nSPS) is 14.2. The molecule has 2 unspecified atom stereocenters. The van der Waals surface area contributed by atoms with Gasteiger partial charge in [0.25, 0.3) is 0 Å². The van der Waals surface area contributed by atoms with E-state index in [0.29, 0.717) is 8.58 Å². The lowest BCUT2D eigenvalue weighted by atomic mass is 9.80. The number of ether oxygens (including phenoxy) is 1. The molecule has 0 aliphatic carbocycles. The molecule has 0 aliphatic heterocycles. The molecule has 0 saturated heterocycles. The molecule has 0 heterocycles. The Labute approximate surface area is 185 Å². The van der Waals surface area contributed by atoms with Crippen LogP contribution in [0.4, 0.5) is 0 Å². The molecule has 30 heavy (non-hydrogen) atoms. The van der Waals surface area contributed by atoms with Gasteiger partial charge in [-0.25, -0.2) is 0 Å². The van der Waals surface area contributed by atoms with Crippen LogP contribution < -0.4 is 10.0 Å². The quantitative estimate of drug-likeness (QED) is 0.329. The van der Waals surface area contributed by atoms with Crippen molar-refractivity contribution in [2.24, 2.45) is 0 Å². The summed E-state index contributed by atoms with van der Waals surface area (Å²) < 4.78 is 6.08. The third kappa shape index (κ3) is 5.14. The lowest BCUT2D eigenvalue weighted by Crippen LogP contribution is -2.27. The second-order valence-corrected chi connectivity index (χ2v) is 11.3. The van der Waals surface area contributed by atoms with Gasteiger partial charge in [0.05, 0.1) is 7.11 Å². The molecule has 0 fully saturated rings. The average molecular weight is 427 g/mol. The predicted molar refractivity (Wildman–Crippen MR) is 132 cm³/mol. The van der Waals surface area contributed by atoms with Crippen molar-refractivity contribution in [3.63, 3.8) is 0 Å². The van der Waals surface area contributed by atoms with Crippen molar-refractivity contribution in [1.29, 1.82) is 0 Å². The van der Waals surface area contributed by atoms with Gasteiger partial charge in [-0.1, -0.05) is 85.0 Å². The maximum Gasteiger partial charge on any atom is 0.160 e. The van der Waals surface area contributed by atoms with E-state index in [-0.39, 0.29) is 16.4 Å². The number of hydrogen-bond donors (Lipinski definition) is 0. The first-order chi connectivity index (χ1) is 14.0. The van der Waals surface area contributed by atoms with Crippen molar-refractivity contribution >= 4 is 19.7 Å². The van der Waals surface area contributed by atoms with Gasteiger partial charge in [-0.15, -0.1) is 0 Å². The van der Waals surface area contributed by atoms with E-state index in [2.05, 4.69) is 72.7 Å². The minimum Gasteiger partial charge on any atom is -0.496 e. The number of methoxy groups -OCH3 is 1. The molecule has 0 N–H and O–H groups in total. The zero-order valence-corrected chi connectivity index (χ0v) is 21.3. The first kappa shape index (κ1) is 24.6. The highest BCUT2D eigenvalue weighted by Gasteiger charge is 2.36. The maximum absolute atomic E-state index is 12.4. The largest absolute Gasteiger partial charge is 0.496 e. The molecule has 3 heteroatoms. The van der Waals surface area contributed by atoms with Gasteiger partial charge in [0.15, 0.2) is 5.78 Å². The zero-order valence-electron chi connectivity index (χ0n) is 20.3. The Morgan fingerprint density at radius 2 is 1.63 bits per heavy atom. The van der Waals surface area contributed by atoms with Crippen LogP contribution in [-0.4, -0.2) is 12.9 Å². The third-order valence-electron chi connectivity index (χ3n) is 5.97. The van der Waals surface area contributed by atoms with Crippen LogP contribution in [0.15, 0.2) is 30.3 Å². The van der Waals surface area contributed by atoms with Gasteiger partial charge < -0.3 is 4.74 Å². The van der Waals surface area contributed by atoms with Crippen LogP contribution in [0, 0.1) is 13.8 Å². The van der Waals surface area contributed by atoms with Crippen LogP contribution in [0.5, 0.6) is 5.75 Å². The molecule has 2 rings (SSSR count). The van der Waals surface area contributed by atoms with E-state index in [4.69, 9.17) is 4.74 Å².